The molecule has 0 N–H and O–H groups in total. The van der Waals surface area contributed by atoms with E-state index < -0.39 is 5.54 Å². The van der Waals surface area contributed by atoms with E-state index >= 15 is 0 Å². The molecular weight excluding hydrogens is 282 g/mol. The summed E-state index contributed by atoms with van der Waals surface area (Å²) in [6.45, 7) is 8.97. The molecule has 0 heterocycles. The lowest BCUT2D eigenvalue weighted by molar-refractivity contribution is 0.178. The molecule has 0 amide bonds. The van der Waals surface area contributed by atoms with Crippen LogP contribution in [0.15, 0.2) is 47.5 Å². The molecule has 2 nitrogen and oxygen atoms in total. The molecule has 0 spiro atoms. The fraction of sp³-hybridized carbons (Fsp3) is 0.571. The third-order valence-corrected chi connectivity index (χ3v) is 5.38. The van der Waals surface area contributed by atoms with Gasteiger partial charge in [-0.25, -0.2) is 4.79 Å². The van der Waals surface area contributed by atoms with Crippen molar-refractivity contribution in [2.75, 3.05) is 0 Å². The number of rotatable bonds is 5. The third-order valence-electron chi connectivity index (χ3n) is 5.38. The topological polar surface area (TPSA) is 29.4 Å². The maximum atomic E-state index is 10.9. The zero-order valence-corrected chi connectivity index (χ0v) is 14.8. The van der Waals surface area contributed by atoms with Crippen LogP contribution in [0.3, 0.4) is 0 Å². The SMILES string of the molecule is CC(C)[C@@H]1CC[C@@H](C)C[C@H]1C=C[C@](C)(N=C=O)c1ccccc1. The summed E-state index contributed by atoms with van der Waals surface area (Å²) in [4.78, 5) is 15.1. The molecule has 0 radical (unpaired) electrons. The number of nitrogens with zero attached hydrogens (tertiary/aromatic N) is 1. The van der Waals surface area contributed by atoms with Gasteiger partial charge in [0.1, 0.15) is 5.54 Å². The molecule has 0 bridgehead atoms. The first kappa shape index (κ1) is 17.7. The molecule has 0 aromatic heterocycles. The van der Waals surface area contributed by atoms with E-state index in [0.29, 0.717) is 11.8 Å². The van der Waals surface area contributed by atoms with Gasteiger partial charge in [0.15, 0.2) is 0 Å². The smallest absolute Gasteiger partial charge is 0.211 e. The Morgan fingerprint density at radius 3 is 2.57 bits per heavy atom. The standard InChI is InChI=1S/C21H29NO/c1-16(2)20-11-10-17(3)14-18(20)12-13-21(4,22-15-23)19-8-6-5-7-9-19/h5-9,12-13,16-18,20H,10-11,14H2,1-4H3/t17-,18-,20+,21+/m1/s1. The minimum Gasteiger partial charge on any atom is -0.211 e. The van der Waals surface area contributed by atoms with Gasteiger partial charge < -0.3 is 0 Å². The number of isocyanates is 1. The van der Waals surface area contributed by atoms with Crippen LogP contribution in [-0.4, -0.2) is 6.08 Å². The molecule has 1 aromatic rings. The Labute approximate surface area is 140 Å². The number of allylic oxidation sites excluding steroid dienone is 1. The van der Waals surface area contributed by atoms with Crippen molar-refractivity contribution in [3.05, 3.63) is 48.0 Å². The first-order valence-corrected chi connectivity index (χ1v) is 8.80. The van der Waals surface area contributed by atoms with Crippen LogP contribution in [0.25, 0.3) is 0 Å². The Balaban J connectivity index is 2.27. The summed E-state index contributed by atoms with van der Waals surface area (Å²) in [6, 6.07) is 10.0. The maximum absolute atomic E-state index is 10.9. The van der Waals surface area contributed by atoms with Crippen LogP contribution in [-0.2, 0) is 10.3 Å². The number of carbonyl (C=O) groups excluding carboxylic acids is 1. The molecule has 1 fully saturated rings. The van der Waals surface area contributed by atoms with Crippen molar-refractivity contribution in [1.29, 1.82) is 0 Å². The summed E-state index contributed by atoms with van der Waals surface area (Å²) in [5, 5.41) is 0. The molecule has 0 saturated heterocycles. The summed E-state index contributed by atoms with van der Waals surface area (Å²) < 4.78 is 0. The van der Waals surface area contributed by atoms with Crippen molar-refractivity contribution >= 4 is 6.08 Å². The van der Waals surface area contributed by atoms with Crippen molar-refractivity contribution in [2.24, 2.45) is 28.7 Å². The van der Waals surface area contributed by atoms with Crippen LogP contribution in [0, 0.1) is 23.7 Å². The zero-order chi connectivity index (χ0) is 16.9. The van der Waals surface area contributed by atoms with Gasteiger partial charge in [-0.3, -0.25) is 0 Å². The number of aliphatic imine (C=N–C) groups is 1. The summed E-state index contributed by atoms with van der Waals surface area (Å²) >= 11 is 0. The van der Waals surface area contributed by atoms with E-state index in [4.69, 9.17) is 0 Å². The quantitative estimate of drug-likeness (QED) is 0.401. The molecule has 0 aliphatic heterocycles. The zero-order valence-electron chi connectivity index (χ0n) is 14.8. The summed E-state index contributed by atoms with van der Waals surface area (Å²) in [7, 11) is 0. The molecule has 1 aliphatic rings. The predicted molar refractivity (Wildman–Crippen MR) is 95.9 cm³/mol. The molecule has 1 aromatic carbocycles. The van der Waals surface area contributed by atoms with E-state index in [2.05, 4.69) is 37.9 Å². The molecule has 2 heteroatoms. The monoisotopic (exact) mass is 311 g/mol. The molecule has 124 valence electrons. The Morgan fingerprint density at radius 2 is 1.96 bits per heavy atom. The Bertz CT molecular complexity index is 571. The highest BCUT2D eigenvalue weighted by molar-refractivity contribution is 5.40. The van der Waals surface area contributed by atoms with E-state index in [-0.39, 0.29) is 0 Å². The highest BCUT2D eigenvalue weighted by Crippen LogP contribution is 2.39. The second-order valence-corrected chi connectivity index (χ2v) is 7.57. The first-order chi connectivity index (χ1) is 11.0. The van der Waals surface area contributed by atoms with Crippen molar-refractivity contribution in [3.8, 4) is 0 Å². The fourth-order valence-corrected chi connectivity index (χ4v) is 3.88. The Morgan fingerprint density at radius 1 is 1.26 bits per heavy atom. The Kier molecular flexibility index (Phi) is 5.96. The fourth-order valence-electron chi connectivity index (χ4n) is 3.88. The van der Waals surface area contributed by atoms with Crippen LogP contribution >= 0.6 is 0 Å². The lowest BCUT2D eigenvalue weighted by atomic mass is 9.69. The molecule has 4 atom stereocenters. The van der Waals surface area contributed by atoms with E-state index in [1.807, 2.05) is 37.3 Å². The van der Waals surface area contributed by atoms with Crippen LogP contribution in [0.5, 0.6) is 0 Å². The van der Waals surface area contributed by atoms with Crippen LogP contribution in [0.2, 0.25) is 0 Å². The lowest BCUT2D eigenvalue weighted by Gasteiger charge is -2.36. The van der Waals surface area contributed by atoms with E-state index in [9.17, 15) is 4.79 Å². The van der Waals surface area contributed by atoms with Crippen LogP contribution < -0.4 is 0 Å². The minimum atomic E-state index is -0.620. The highest BCUT2D eigenvalue weighted by Gasteiger charge is 2.30. The van der Waals surface area contributed by atoms with Crippen molar-refractivity contribution in [2.45, 2.75) is 52.5 Å². The molecule has 1 aliphatic carbocycles. The highest BCUT2D eigenvalue weighted by atomic mass is 16.1. The van der Waals surface area contributed by atoms with Gasteiger partial charge in [-0.05, 0) is 49.0 Å². The van der Waals surface area contributed by atoms with Gasteiger partial charge in [0.2, 0.25) is 6.08 Å². The van der Waals surface area contributed by atoms with Gasteiger partial charge in [0.25, 0.3) is 0 Å². The Hall–Kier alpha value is -1.66. The van der Waals surface area contributed by atoms with Crippen molar-refractivity contribution < 1.29 is 4.79 Å². The van der Waals surface area contributed by atoms with E-state index in [0.717, 1.165) is 17.4 Å². The average Bonchev–Trinajstić information content (AvgIpc) is 2.54. The van der Waals surface area contributed by atoms with Gasteiger partial charge in [-0.2, -0.15) is 4.99 Å². The second kappa shape index (κ2) is 7.75. The largest absolute Gasteiger partial charge is 0.236 e. The summed E-state index contributed by atoms with van der Waals surface area (Å²) in [5.41, 5.74) is 0.412. The summed E-state index contributed by atoms with van der Waals surface area (Å²) in [5.74, 6) is 2.76. The van der Waals surface area contributed by atoms with E-state index in [1.54, 1.807) is 6.08 Å². The molecule has 2 rings (SSSR count). The normalized spacial score (nSPS) is 27.6. The van der Waals surface area contributed by atoms with Gasteiger partial charge in [0.05, 0.1) is 0 Å². The van der Waals surface area contributed by atoms with Gasteiger partial charge >= 0.3 is 0 Å². The third kappa shape index (κ3) is 4.42. The van der Waals surface area contributed by atoms with Crippen molar-refractivity contribution in [3.63, 3.8) is 0 Å². The van der Waals surface area contributed by atoms with Gasteiger partial charge in [0, 0.05) is 0 Å². The van der Waals surface area contributed by atoms with Crippen molar-refractivity contribution in [1.82, 2.24) is 0 Å². The first-order valence-electron chi connectivity index (χ1n) is 8.80. The minimum absolute atomic E-state index is 0.573. The van der Waals surface area contributed by atoms with Gasteiger partial charge in [-0.15, -0.1) is 0 Å². The molecule has 0 unspecified atom stereocenters. The predicted octanol–water partition coefficient (Wildman–Crippen LogP) is 5.50. The average molecular weight is 311 g/mol. The number of hydrogen-bond acceptors (Lipinski definition) is 2. The molecule has 1 saturated carbocycles. The summed E-state index contributed by atoms with van der Waals surface area (Å²) in [6.07, 6.45) is 10.0. The lowest BCUT2D eigenvalue weighted by Crippen LogP contribution is -2.27. The van der Waals surface area contributed by atoms with Gasteiger partial charge in [-0.1, -0.05) is 69.7 Å². The number of hydrogen-bond donors (Lipinski definition) is 0. The van der Waals surface area contributed by atoms with E-state index in [1.165, 1.54) is 19.3 Å². The van der Waals surface area contributed by atoms with Crippen LogP contribution in [0.4, 0.5) is 0 Å². The number of benzene rings is 1. The molecular formula is C21H29NO. The van der Waals surface area contributed by atoms with Crippen LogP contribution in [0.1, 0.15) is 52.5 Å². The molecule has 23 heavy (non-hydrogen) atoms. The second-order valence-electron chi connectivity index (χ2n) is 7.57. The maximum Gasteiger partial charge on any atom is 0.236 e.